The molecule has 2 aliphatic heterocycles. The average molecular weight is 296 g/mol. The smallest absolute Gasteiger partial charge is 0.254 e. The molecule has 114 valence electrons. The molecule has 2 aliphatic rings. The molecule has 5 heteroatoms. The maximum atomic E-state index is 12.8. The SMILES string of the molecule is Cc1cnn(C2CC3CCC(C2)N3C(=O)c2ccncc2)c1. The molecule has 4 rings (SSSR count). The standard InChI is InChI=1S/C17H20N4O/c1-12-10-19-20(11-12)16-8-14-2-3-15(9-16)21(14)17(22)13-4-6-18-7-5-13/h4-7,10-11,14-16H,2-3,8-9H2,1H3. The second kappa shape index (κ2) is 5.23. The molecule has 2 unspecified atom stereocenters. The fraction of sp³-hybridized carbons (Fsp3) is 0.471. The predicted octanol–water partition coefficient (Wildman–Crippen LogP) is 2.59. The van der Waals surface area contributed by atoms with Gasteiger partial charge in [0.25, 0.3) is 5.91 Å². The number of hydrogen-bond acceptors (Lipinski definition) is 3. The molecule has 4 heterocycles. The fourth-order valence-electron chi connectivity index (χ4n) is 3.97. The van der Waals surface area contributed by atoms with Gasteiger partial charge >= 0.3 is 0 Å². The second-order valence-electron chi connectivity index (χ2n) is 6.46. The normalized spacial score (nSPS) is 27.1. The van der Waals surface area contributed by atoms with E-state index in [2.05, 4.69) is 32.8 Å². The molecule has 2 fully saturated rings. The number of hydrogen-bond donors (Lipinski definition) is 0. The summed E-state index contributed by atoms with van der Waals surface area (Å²) in [5.74, 6) is 0.157. The van der Waals surface area contributed by atoms with Crippen LogP contribution in [0.2, 0.25) is 0 Å². The highest BCUT2D eigenvalue weighted by atomic mass is 16.2. The van der Waals surface area contributed by atoms with Gasteiger partial charge in [-0.05, 0) is 50.3 Å². The van der Waals surface area contributed by atoms with Gasteiger partial charge in [0.05, 0.1) is 12.2 Å². The largest absolute Gasteiger partial charge is 0.333 e. The van der Waals surface area contributed by atoms with Crippen LogP contribution in [-0.2, 0) is 0 Å². The molecule has 0 saturated carbocycles. The van der Waals surface area contributed by atoms with Gasteiger partial charge in [0.2, 0.25) is 0 Å². The van der Waals surface area contributed by atoms with Crippen LogP contribution in [0.5, 0.6) is 0 Å². The van der Waals surface area contributed by atoms with E-state index in [0.717, 1.165) is 31.2 Å². The van der Waals surface area contributed by atoms with Crippen molar-refractivity contribution in [1.82, 2.24) is 19.7 Å². The van der Waals surface area contributed by atoms with E-state index in [1.54, 1.807) is 12.4 Å². The minimum Gasteiger partial charge on any atom is -0.333 e. The summed E-state index contributed by atoms with van der Waals surface area (Å²) in [4.78, 5) is 18.9. The van der Waals surface area contributed by atoms with Crippen LogP contribution in [0.25, 0.3) is 0 Å². The van der Waals surface area contributed by atoms with E-state index >= 15 is 0 Å². The number of aryl methyl sites for hydroxylation is 1. The average Bonchev–Trinajstić information content (AvgIpc) is 3.09. The Hall–Kier alpha value is -2.17. The van der Waals surface area contributed by atoms with Crippen molar-refractivity contribution in [3.05, 3.63) is 48.0 Å². The Morgan fingerprint density at radius 3 is 2.41 bits per heavy atom. The lowest BCUT2D eigenvalue weighted by Gasteiger charge is -2.39. The first-order valence-electron chi connectivity index (χ1n) is 7.96. The molecular formula is C17H20N4O. The van der Waals surface area contributed by atoms with Crippen LogP contribution in [0, 0.1) is 6.92 Å². The molecule has 0 radical (unpaired) electrons. The Kier molecular flexibility index (Phi) is 3.21. The molecule has 2 aromatic rings. The molecule has 2 aromatic heterocycles. The van der Waals surface area contributed by atoms with Crippen molar-refractivity contribution in [3.8, 4) is 0 Å². The summed E-state index contributed by atoms with van der Waals surface area (Å²) in [6.45, 7) is 2.07. The highest BCUT2D eigenvalue weighted by Crippen LogP contribution is 2.41. The molecule has 2 saturated heterocycles. The van der Waals surface area contributed by atoms with Gasteiger partial charge in [-0.25, -0.2) is 0 Å². The number of aromatic nitrogens is 3. The summed E-state index contributed by atoms with van der Waals surface area (Å²) in [6.07, 6.45) is 11.6. The second-order valence-corrected chi connectivity index (χ2v) is 6.46. The van der Waals surface area contributed by atoms with E-state index in [-0.39, 0.29) is 5.91 Å². The minimum absolute atomic E-state index is 0.157. The molecule has 2 bridgehead atoms. The Balaban J connectivity index is 1.55. The highest BCUT2D eigenvalue weighted by Gasteiger charge is 2.44. The molecule has 0 spiro atoms. The lowest BCUT2D eigenvalue weighted by molar-refractivity contribution is 0.0524. The van der Waals surface area contributed by atoms with E-state index in [1.165, 1.54) is 5.56 Å². The van der Waals surface area contributed by atoms with Gasteiger partial charge in [0.15, 0.2) is 0 Å². The predicted molar refractivity (Wildman–Crippen MR) is 82.5 cm³/mol. The zero-order valence-corrected chi connectivity index (χ0v) is 12.7. The molecule has 2 atom stereocenters. The van der Waals surface area contributed by atoms with Crippen LogP contribution < -0.4 is 0 Å². The summed E-state index contributed by atoms with van der Waals surface area (Å²) in [5, 5.41) is 4.47. The molecule has 22 heavy (non-hydrogen) atoms. The number of fused-ring (bicyclic) bond motifs is 2. The van der Waals surface area contributed by atoms with Crippen molar-refractivity contribution in [2.24, 2.45) is 0 Å². The van der Waals surface area contributed by atoms with Gasteiger partial charge in [0.1, 0.15) is 0 Å². The molecule has 5 nitrogen and oxygen atoms in total. The number of carbonyl (C=O) groups is 1. The molecule has 0 aromatic carbocycles. The zero-order valence-electron chi connectivity index (χ0n) is 12.7. The van der Waals surface area contributed by atoms with Crippen molar-refractivity contribution in [2.75, 3.05) is 0 Å². The third kappa shape index (κ3) is 2.21. The first-order chi connectivity index (χ1) is 10.7. The Morgan fingerprint density at radius 1 is 1.14 bits per heavy atom. The van der Waals surface area contributed by atoms with Crippen LogP contribution in [0.1, 0.15) is 47.6 Å². The van der Waals surface area contributed by atoms with Crippen LogP contribution in [0.4, 0.5) is 0 Å². The number of rotatable bonds is 2. The number of amides is 1. The van der Waals surface area contributed by atoms with Gasteiger partial charge in [-0.1, -0.05) is 0 Å². The maximum Gasteiger partial charge on any atom is 0.254 e. The fourth-order valence-corrected chi connectivity index (χ4v) is 3.97. The summed E-state index contributed by atoms with van der Waals surface area (Å²) >= 11 is 0. The topological polar surface area (TPSA) is 51.0 Å². The molecular weight excluding hydrogens is 276 g/mol. The summed E-state index contributed by atoms with van der Waals surface area (Å²) in [5.41, 5.74) is 1.95. The number of carbonyl (C=O) groups excluding carboxylic acids is 1. The number of pyridine rings is 1. The van der Waals surface area contributed by atoms with E-state index in [0.29, 0.717) is 18.1 Å². The highest BCUT2D eigenvalue weighted by molar-refractivity contribution is 5.94. The lowest BCUT2D eigenvalue weighted by atomic mass is 9.96. The van der Waals surface area contributed by atoms with Crippen molar-refractivity contribution in [3.63, 3.8) is 0 Å². The molecule has 1 amide bonds. The van der Waals surface area contributed by atoms with Crippen LogP contribution in [0.3, 0.4) is 0 Å². The summed E-state index contributed by atoms with van der Waals surface area (Å²) < 4.78 is 2.09. The van der Waals surface area contributed by atoms with Gasteiger partial charge in [0, 0.05) is 36.2 Å². The molecule has 0 aliphatic carbocycles. The Labute approximate surface area is 130 Å². The third-order valence-electron chi connectivity index (χ3n) is 4.97. The lowest BCUT2D eigenvalue weighted by Crippen LogP contribution is -2.47. The third-order valence-corrected chi connectivity index (χ3v) is 4.97. The zero-order chi connectivity index (χ0) is 15.1. The first-order valence-corrected chi connectivity index (χ1v) is 7.96. The summed E-state index contributed by atoms with van der Waals surface area (Å²) in [6, 6.07) is 4.73. The van der Waals surface area contributed by atoms with Crippen molar-refractivity contribution < 1.29 is 4.79 Å². The maximum absolute atomic E-state index is 12.8. The van der Waals surface area contributed by atoms with Crippen molar-refractivity contribution in [2.45, 2.75) is 50.7 Å². The van der Waals surface area contributed by atoms with Gasteiger partial charge in [-0.3, -0.25) is 14.5 Å². The van der Waals surface area contributed by atoms with Gasteiger partial charge < -0.3 is 4.90 Å². The minimum atomic E-state index is 0.157. The van der Waals surface area contributed by atoms with E-state index in [4.69, 9.17) is 0 Å². The Bertz CT molecular complexity index is 667. The monoisotopic (exact) mass is 296 g/mol. The number of nitrogens with zero attached hydrogens (tertiary/aromatic N) is 4. The van der Waals surface area contributed by atoms with Gasteiger partial charge in [-0.15, -0.1) is 0 Å². The van der Waals surface area contributed by atoms with Crippen molar-refractivity contribution in [1.29, 1.82) is 0 Å². The quantitative estimate of drug-likeness (QED) is 0.856. The Morgan fingerprint density at radius 2 is 1.82 bits per heavy atom. The van der Waals surface area contributed by atoms with Crippen LogP contribution in [-0.4, -0.2) is 37.7 Å². The van der Waals surface area contributed by atoms with E-state index < -0.39 is 0 Å². The van der Waals surface area contributed by atoms with Crippen LogP contribution in [0.15, 0.2) is 36.9 Å². The van der Waals surface area contributed by atoms with Crippen LogP contribution >= 0.6 is 0 Å². The molecule has 0 N–H and O–H groups in total. The van der Waals surface area contributed by atoms with E-state index in [9.17, 15) is 4.79 Å². The summed E-state index contributed by atoms with van der Waals surface area (Å²) in [7, 11) is 0. The first kappa shape index (κ1) is 13.5. The number of piperidine rings is 1. The van der Waals surface area contributed by atoms with Gasteiger partial charge in [-0.2, -0.15) is 5.10 Å². The van der Waals surface area contributed by atoms with E-state index in [1.807, 2.05) is 18.3 Å². The van der Waals surface area contributed by atoms with Crippen molar-refractivity contribution >= 4 is 5.91 Å².